The largest absolute Gasteiger partial charge is 0.356 e. The number of amides is 1. The van der Waals surface area contributed by atoms with Crippen LogP contribution in [0.3, 0.4) is 0 Å². The quantitative estimate of drug-likeness (QED) is 0.865. The molecule has 26 heavy (non-hydrogen) atoms. The zero-order valence-electron chi connectivity index (χ0n) is 16.0. The molecule has 0 radical (unpaired) electrons. The molecule has 1 aliphatic rings. The Kier molecular flexibility index (Phi) is 5.91. The van der Waals surface area contributed by atoms with Crippen molar-refractivity contribution in [3.8, 4) is 0 Å². The summed E-state index contributed by atoms with van der Waals surface area (Å²) >= 11 is 0. The van der Waals surface area contributed by atoms with Crippen molar-refractivity contribution in [2.24, 2.45) is 5.92 Å². The second-order valence-corrected chi connectivity index (χ2v) is 7.28. The second-order valence-electron chi connectivity index (χ2n) is 7.28. The lowest BCUT2D eigenvalue weighted by Crippen LogP contribution is -2.41. The van der Waals surface area contributed by atoms with Crippen molar-refractivity contribution in [2.45, 2.75) is 46.1 Å². The van der Waals surface area contributed by atoms with Crippen molar-refractivity contribution < 1.29 is 4.79 Å². The Bertz CT molecular complexity index is 725. The Morgan fingerprint density at radius 1 is 1.38 bits per heavy atom. The van der Waals surface area contributed by atoms with Crippen LogP contribution >= 0.6 is 0 Å². The minimum atomic E-state index is -0.0267. The van der Waals surface area contributed by atoms with Crippen LogP contribution in [0.25, 0.3) is 0 Å². The van der Waals surface area contributed by atoms with Gasteiger partial charge in [0.25, 0.3) is 5.91 Å². The molecule has 0 aliphatic carbocycles. The Labute approximate surface area is 155 Å². The molecule has 0 spiro atoms. The number of aromatic nitrogens is 3. The topological polar surface area (TPSA) is 63.1 Å². The van der Waals surface area contributed by atoms with E-state index in [1.165, 1.54) is 0 Å². The van der Waals surface area contributed by atoms with Crippen LogP contribution in [0.5, 0.6) is 0 Å². The fourth-order valence-corrected chi connectivity index (χ4v) is 3.45. The van der Waals surface area contributed by atoms with Crippen LogP contribution in [-0.2, 0) is 6.54 Å². The van der Waals surface area contributed by atoms with E-state index in [4.69, 9.17) is 0 Å². The van der Waals surface area contributed by atoms with E-state index >= 15 is 0 Å². The summed E-state index contributed by atoms with van der Waals surface area (Å²) in [5, 5.41) is 7.66. The van der Waals surface area contributed by atoms with Gasteiger partial charge in [0.2, 0.25) is 0 Å². The van der Waals surface area contributed by atoms with E-state index in [1.807, 2.05) is 37.4 Å². The van der Waals surface area contributed by atoms with Crippen LogP contribution < -0.4 is 10.2 Å². The molecule has 2 aromatic rings. The Morgan fingerprint density at radius 3 is 2.92 bits per heavy atom. The Morgan fingerprint density at radius 2 is 2.23 bits per heavy atom. The number of carbonyl (C=O) groups excluding carboxylic acids is 1. The van der Waals surface area contributed by atoms with Crippen molar-refractivity contribution >= 4 is 11.7 Å². The average molecular weight is 355 g/mol. The van der Waals surface area contributed by atoms with E-state index in [1.54, 1.807) is 4.68 Å². The SMILES string of the molecule is CCn1nc(C(C)C)cc1C(=O)NC[C@@H]1CCCN(c2ccccn2)C1. The van der Waals surface area contributed by atoms with Crippen LogP contribution in [0.1, 0.15) is 55.7 Å². The molecule has 2 aromatic heterocycles. The van der Waals surface area contributed by atoms with Crippen LogP contribution in [0.15, 0.2) is 30.5 Å². The number of piperidine rings is 1. The number of aryl methyl sites for hydroxylation is 1. The lowest BCUT2D eigenvalue weighted by atomic mass is 9.98. The average Bonchev–Trinajstić information content (AvgIpc) is 3.12. The van der Waals surface area contributed by atoms with Gasteiger partial charge in [-0.2, -0.15) is 5.10 Å². The van der Waals surface area contributed by atoms with Gasteiger partial charge in [0.05, 0.1) is 5.69 Å². The number of hydrogen-bond acceptors (Lipinski definition) is 4. The second kappa shape index (κ2) is 8.34. The molecule has 1 aliphatic heterocycles. The first-order chi connectivity index (χ1) is 12.6. The highest BCUT2D eigenvalue weighted by atomic mass is 16.2. The van der Waals surface area contributed by atoms with Gasteiger partial charge in [-0.1, -0.05) is 19.9 Å². The van der Waals surface area contributed by atoms with Gasteiger partial charge < -0.3 is 10.2 Å². The normalized spacial score (nSPS) is 17.5. The van der Waals surface area contributed by atoms with Crippen LogP contribution in [0, 0.1) is 5.92 Å². The van der Waals surface area contributed by atoms with E-state index in [2.05, 4.69) is 34.1 Å². The minimum absolute atomic E-state index is 0.0267. The molecule has 3 rings (SSSR count). The van der Waals surface area contributed by atoms with Crippen molar-refractivity contribution in [2.75, 3.05) is 24.5 Å². The van der Waals surface area contributed by atoms with E-state index in [0.717, 1.165) is 37.4 Å². The molecular weight excluding hydrogens is 326 g/mol. The molecule has 1 N–H and O–H groups in total. The molecular formula is C20H29N5O. The minimum Gasteiger partial charge on any atom is -0.356 e. The first-order valence-corrected chi connectivity index (χ1v) is 9.60. The number of rotatable bonds is 6. The van der Waals surface area contributed by atoms with Gasteiger partial charge in [-0.05, 0) is 49.8 Å². The van der Waals surface area contributed by atoms with E-state index in [0.29, 0.717) is 30.6 Å². The van der Waals surface area contributed by atoms with Gasteiger partial charge in [0, 0.05) is 32.4 Å². The van der Waals surface area contributed by atoms with Crippen molar-refractivity contribution in [1.29, 1.82) is 0 Å². The number of nitrogens with zero attached hydrogens (tertiary/aromatic N) is 4. The third-order valence-electron chi connectivity index (χ3n) is 4.97. The van der Waals surface area contributed by atoms with E-state index in [-0.39, 0.29) is 5.91 Å². The predicted molar refractivity (Wildman–Crippen MR) is 103 cm³/mol. The number of carbonyl (C=O) groups is 1. The maximum Gasteiger partial charge on any atom is 0.269 e. The van der Waals surface area contributed by atoms with Gasteiger partial charge in [-0.25, -0.2) is 4.98 Å². The van der Waals surface area contributed by atoms with Gasteiger partial charge >= 0.3 is 0 Å². The molecule has 0 unspecified atom stereocenters. The maximum atomic E-state index is 12.7. The fourth-order valence-electron chi connectivity index (χ4n) is 3.45. The summed E-state index contributed by atoms with van der Waals surface area (Å²) in [7, 11) is 0. The summed E-state index contributed by atoms with van der Waals surface area (Å²) in [6.45, 7) is 9.56. The van der Waals surface area contributed by atoms with Crippen LogP contribution in [0.2, 0.25) is 0 Å². The smallest absolute Gasteiger partial charge is 0.269 e. The molecule has 1 saturated heterocycles. The molecule has 0 bridgehead atoms. The molecule has 0 aromatic carbocycles. The zero-order valence-corrected chi connectivity index (χ0v) is 16.0. The number of pyridine rings is 1. The monoisotopic (exact) mass is 355 g/mol. The van der Waals surface area contributed by atoms with Crippen molar-refractivity contribution in [3.05, 3.63) is 41.9 Å². The van der Waals surface area contributed by atoms with Crippen molar-refractivity contribution in [3.63, 3.8) is 0 Å². The Balaban J connectivity index is 1.59. The number of anilines is 1. The molecule has 1 fully saturated rings. The van der Waals surface area contributed by atoms with Gasteiger partial charge in [0.15, 0.2) is 0 Å². The van der Waals surface area contributed by atoms with Crippen LogP contribution in [0.4, 0.5) is 5.82 Å². The summed E-state index contributed by atoms with van der Waals surface area (Å²) in [4.78, 5) is 19.4. The summed E-state index contributed by atoms with van der Waals surface area (Å²) in [5.41, 5.74) is 1.63. The van der Waals surface area contributed by atoms with Gasteiger partial charge in [-0.3, -0.25) is 9.48 Å². The predicted octanol–water partition coefficient (Wildman–Crippen LogP) is 3.07. The third kappa shape index (κ3) is 4.23. The first kappa shape index (κ1) is 18.4. The lowest BCUT2D eigenvalue weighted by molar-refractivity contribution is 0.0935. The fraction of sp³-hybridized carbons (Fsp3) is 0.550. The summed E-state index contributed by atoms with van der Waals surface area (Å²) in [6.07, 6.45) is 4.09. The molecule has 3 heterocycles. The molecule has 0 saturated carbocycles. The number of hydrogen-bond donors (Lipinski definition) is 1. The molecule has 1 atom stereocenters. The van der Waals surface area contributed by atoms with E-state index < -0.39 is 0 Å². The lowest BCUT2D eigenvalue weighted by Gasteiger charge is -2.33. The zero-order chi connectivity index (χ0) is 18.5. The van der Waals surface area contributed by atoms with Gasteiger partial charge in [0.1, 0.15) is 11.5 Å². The summed E-state index contributed by atoms with van der Waals surface area (Å²) in [6, 6.07) is 7.93. The number of nitrogens with one attached hydrogen (secondary N) is 1. The molecule has 6 nitrogen and oxygen atoms in total. The van der Waals surface area contributed by atoms with Crippen molar-refractivity contribution in [1.82, 2.24) is 20.1 Å². The summed E-state index contributed by atoms with van der Waals surface area (Å²) in [5.74, 6) is 1.76. The molecule has 1 amide bonds. The highest BCUT2D eigenvalue weighted by Gasteiger charge is 2.22. The third-order valence-corrected chi connectivity index (χ3v) is 4.97. The Hall–Kier alpha value is -2.37. The van der Waals surface area contributed by atoms with E-state index in [9.17, 15) is 4.79 Å². The highest BCUT2D eigenvalue weighted by molar-refractivity contribution is 5.92. The highest BCUT2D eigenvalue weighted by Crippen LogP contribution is 2.21. The standard InChI is InChI=1S/C20H29N5O/c1-4-25-18(12-17(23-25)15(2)3)20(26)22-13-16-8-7-11-24(14-16)19-9-5-6-10-21-19/h5-6,9-10,12,15-16H,4,7-8,11,13-14H2,1-3H3,(H,22,26)/t16-/m0/s1. The molecule has 6 heteroatoms. The maximum absolute atomic E-state index is 12.7. The van der Waals surface area contributed by atoms with Gasteiger partial charge in [-0.15, -0.1) is 0 Å². The summed E-state index contributed by atoms with van der Waals surface area (Å²) < 4.78 is 1.80. The first-order valence-electron chi connectivity index (χ1n) is 9.60. The molecule has 140 valence electrons. The van der Waals surface area contributed by atoms with Crippen LogP contribution in [-0.4, -0.2) is 40.3 Å².